The van der Waals surface area contributed by atoms with Gasteiger partial charge in [-0.3, -0.25) is 10.1 Å². The molecule has 1 N–H and O–H groups in total. The number of nitrogens with zero attached hydrogens (tertiary/aromatic N) is 3. The second-order valence-electron chi connectivity index (χ2n) is 8.12. The van der Waals surface area contributed by atoms with Crippen molar-refractivity contribution in [2.75, 3.05) is 20.2 Å². The van der Waals surface area contributed by atoms with Crippen LogP contribution in [0, 0.1) is 20.8 Å². The van der Waals surface area contributed by atoms with Gasteiger partial charge in [0.15, 0.2) is 0 Å². The number of piperidine rings is 1. The zero-order chi connectivity index (χ0) is 22.2. The molecule has 0 spiro atoms. The number of pyridine rings is 1. The number of hydrogen-bond donors (Lipinski definition) is 1. The van der Waals surface area contributed by atoms with Crippen molar-refractivity contribution in [1.29, 1.82) is 0 Å². The first kappa shape index (κ1) is 21.5. The number of ether oxygens (including phenoxy) is 1. The lowest BCUT2D eigenvalue weighted by Gasteiger charge is -2.32. The Labute approximate surface area is 183 Å². The molecule has 31 heavy (non-hydrogen) atoms. The summed E-state index contributed by atoms with van der Waals surface area (Å²) in [6.07, 6.45) is 1.71. The summed E-state index contributed by atoms with van der Waals surface area (Å²) in [6.45, 7) is 6.38. The minimum absolute atomic E-state index is 0.0490. The van der Waals surface area contributed by atoms with Crippen molar-refractivity contribution in [1.82, 2.24) is 19.5 Å². The van der Waals surface area contributed by atoms with E-state index in [4.69, 9.17) is 9.72 Å². The van der Waals surface area contributed by atoms with E-state index in [0.29, 0.717) is 29.4 Å². The van der Waals surface area contributed by atoms with E-state index in [9.17, 15) is 8.42 Å². The molecule has 1 fully saturated rings. The average molecular weight is 441 g/mol. The maximum Gasteiger partial charge on any atom is 0.246 e. The van der Waals surface area contributed by atoms with E-state index in [2.05, 4.69) is 22.3 Å². The summed E-state index contributed by atoms with van der Waals surface area (Å²) >= 11 is 0. The van der Waals surface area contributed by atoms with Crippen LogP contribution in [0.4, 0.5) is 0 Å². The summed E-state index contributed by atoms with van der Waals surface area (Å²) in [6, 6.07) is 12.1. The molecule has 0 amide bonds. The summed E-state index contributed by atoms with van der Waals surface area (Å²) in [5.41, 5.74) is 5.10. The van der Waals surface area contributed by atoms with E-state index >= 15 is 0 Å². The quantitative estimate of drug-likeness (QED) is 0.648. The second kappa shape index (κ2) is 8.43. The smallest absolute Gasteiger partial charge is 0.246 e. The molecule has 3 aromatic rings. The van der Waals surface area contributed by atoms with Gasteiger partial charge in [0, 0.05) is 30.4 Å². The van der Waals surface area contributed by atoms with E-state index in [-0.39, 0.29) is 5.92 Å². The van der Waals surface area contributed by atoms with Crippen molar-refractivity contribution < 1.29 is 13.2 Å². The third kappa shape index (κ3) is 4.22. The highest BCUT2D eigenvalue weighted by atomic mass is 32.2. The maximum atomic E-state index is 13.3. The third-order valence-corrected chi connectivity index (χ3v) is 7.99. The number of aromatic amines is 1. The Morgan fingerprint density at radius 2 is 1.84 bits per heavy atom. The zero-order valence-electron chi connectivity index (χ0n) is 18.3. The zero-order valence-corrected chi connectivity index (χ0v) is 19.2. The summed E-state index contributed by atoms with van der Waals surface area (Å²) < 4.78 is 33.5. The first-order valence-corrected chi connectivity index (χ1v) is 11.9. The maximum absolute atomic E-state index is 13.3. The number of benzene rings is 1. The van der Waals surface area contributed by atoms with Crippen molar-refractivity contribution in [2.24, 2.45) is 0 Å². The Hall–Kier alpha value is -2.71. The van der Waals surface area contributed by atoms with Gasteiger partial charge in [-0.1, -0.05) is 12.1 Å². The fourth-order valence-corrected chi connectivity index (χ4v) is 6.16. The molecule has 1 aromatic carbocycles. The van der Waals surface area contributed by atoms with Crippen LogP contribution in [0.2, 0.25) is 0 Å². The first-order valence-electron chi connectivity index (χ1n) is 10.4. The van der Waals surface area contributed by atoms with Gasteiger partial charge >= 0.3 is 0 Å². The molecule has 1 aliphatic rings. The number of aromatic nitrogens is 3. The van der Waals surface area contributed by atoms with Crippen LogP contribution in [0.25, 0.3) is 11.1 Å². The highest BCUT2D eigenvalue weighted by Crippen LogP contribution is 2.33. The molecule has 0 aliphatic carbocycles. The molecule has 0 bridgehead atoms. The van der Waals surface area contributed by atoms with Gasteiger partial charge in [0.1, 0.15) is 10.6 Å². The molecule has 4 rings (SSSR count). The molecule has 164 valence electrons. The standard InChI is InChI=1S/C23H28N4O3S/c1-15-12-20(18-7-9-21(30-4)10-8-18)13-22(24-15)19-6-5-11-27(14-19)31(28,29)23-16(2)25-26-17(23)3/h7-10,12-13,19H,5-6,11,14H2,1-4H3,(H,25,26)/t19-/m1/s1. The van der Waals surface area contributed by atoms with Gasteiger partial charge < -0.3 is 4.74 Å². The molecule has 0 saturated carbocycles. The number of hydrogen-bond acceptors (Lipinski definition) is 5. The lowest BCUT2D eigenvalue weighted by atomic mass is 9.93. The summed E-state index contributed by atoms with van der Waals surface area (Å²) in [5.74, 6) is 0.862. The molecular weight excluding hydrogens is 412 g/mol. The molecule has 2 aromatic heterocycles. The van der Waals surface area contributed by atoms with Gasteiger partial charge in [-0.2, -0.15) is 9.40 Å². The Morgan fingerprint density at radius 3 is 2.48 bits per heavy atom. The summed E-state index contributed by atoms with van der Waals surface area (Å²) in [4.78, 5) is 5.06. The van der Waals surface area contributed by atoms with Gasteiger partial charge in [0.05, 0.1) is 18.5 Å². The first-order chi connectivity index (χ1) is 14.8. The number of aryl methyl sites for hydroxylation is 3. The van der Waals surface area contributed by atoms with Gasteiger partial charge in [-0.05, 0) is 69.0 Å². The highest BCUT2D eigenvalue weighted by molar-refractivity contribution is 7.89. The molecular formula is C23H28N4O3S. The Morgan fingerprint density at radius 1 is 1.10 bits per heavy atom. The molecule has 8 heteroatoms. The van der Waals surface area contributed by atoms with Crippen LogP contribution in [-0.4, -0.2) is 48.1 Å². The molecule has 0 unspecified atom stereocenters. The fraction of sp³-hybridized carbons (Fsp3) is 0.391. The van der Waals surface area contributed by atoms with E-state index in [0.717, 1.165) is 41.1 Å². The van der Waals surface area contributed by atoms with Crippen LogP contribution in [0.15, 0.2) is 41.3 Å². The Kier molecular flexibility index (Phi) is 5.85. The van der Waals surface area contributed by atoms with Crippen molar-refractivity contribution in [2.45, 2.75) is 44.4 Å². The van der Waals surface area contributed by atoms with Crippen molar-refractivity contribution >= 4 is 10.0 Å². The van der Waals surface area contributed by atoms with Gasteiger partial charge in [-0.25, -0.2) is 8.42 Å². The van der Waals surface area contributed by atoms with Gasteiger partial charge in [0.2, 0.25) is 10.0 Å². The number of rotatable bonds is 5. The predicted molar refractivity (Wildman–Crippen MR) is 120 cm³/mol. The molecule has 1 atom stereocenters. The minimum Gasteiger partial charge on any atom is -0.497 e. The monoisotopic (exact) mass is 440 g/mol. The topological polar surface area (TPSA) is 88.2 Å². The second-order valence-corrected chi connectivity index (χ2v) is 9.99. The van der Waals surface area contributed by atoms with E-state index in [1.54, 1.807) is 25.3 Å². The predicted octanol–water partition coefficient (Wildman–Crippen LogP) is 3.97. The highest BCUT2D eigenvalue weighted by Gasteiger charge is 2.34. The van der Waals surface area contributed by atoms with Crippen LogP contribution in [0.1, 0.15) is 41.5 Å². The Balaban J connectivity index is 1.63. The number of methoxy groups -OCH3 is 1. The van der Waals surface area contributed by atoms with Crippen LogP contribution >= 0.6 is 0 Å². The summed E-state index contributed by atoms with van der Waals surface area (Å²) in [7, 11) is -1.95. The molecule has 1 saturated heterocycles. The van der Waals surface area contributed by atoms with Crippen LogP contribution < -0.4 is 4.74 Å². The van der Waals surface area contributed by atoms with Crippen LogP contribution in [0.5, 0.6) is 5.75 Å². The molecule has 1 aliphatic heterocycles. The van der Waals surface area contributed by atoms with E-state index in [1.807, 2.05) is 31.2 Å². The van der Waals surface area contributed by atoms with Crippen molar-refractivity contribution in [3.8, 4) is 16.9 Å². The lowest BCUT2D eigenvalue weighted by molar-refractivity contribution is 0.312. The largest absolute Gasteiger partial charge is 0.497 e. The minimum atomic E-state index is -3.60. The van der Waals surface area contributed by atoms with Gasteiger partial charge in [-0.15, -0.1) is 0 Å². The number of sulfonamides is 1. The van der Waals surface area contributed by atoms with Gasteiger partial charge in [0.25, 0.3) is 0 Å². The Bertz CT molecular complexity index is 1170. The third-order valence-electron chi connectivity index (χ3n) is 5.86. The SMILES string of the molecule is COc1ccc(-c2cc(C)nc([C@@H]3CCCN(S(=O)(=O)c4c(C)n[nH]c4C)C3)c2)cc1. The lowest BCUT2D eigenvalue weighted by Crippen LogP contribution is -2.39. The normalized spacial score (nSPS) is 17.6. The number of nitrogens with one attached hydrogen (secondary N) is 1. The summed E-state index contributed by atoms with van der Waals surface area (Å²) in [5, 5.41) is 6.86. The fourth-order valence-electron chi connectivity index (χ4n) is 4.31. The average Bonchev–Trinajstić information content (AvgIpc) is 3.12. The van der Waals surface area contributed by atoms with Crippen LogP contribution in [-0.2, 0) is 10.0 Å². The van der Waals surface area contributed by atoms with E-state index < -0.39 is 10.0 Å². The van der Waals surface area contributed by atoms with Crippen molar-refractivity contribution in [3.63, 3.8) is 0 Å². The van der Waals surface area contributed by atoms with E-state index in [1.165, 1.54) is 0 Å². The molecule has 0 radical (unpaired) electrons. The van der Waals surface area contributed by atoms with Crippen molar-refractivity contribution in [3.05, 3.63) is 59.2 Å². The van der Waals surface area contributed by atoms with Crippen LogP contribution in [0.3, 0.4) is 0 Å². The number of H-pyrrole nitrogens is 1. The molecule has 3 heterocycles. The molecule has 7 nitrogen and oxygen atoms in total.